The van der Waals surface area contributed by atoms with E-state index in [1.54, 1.807) is 0 Å². The van der Waals surface area contributed by atoms with Gasteiger partial charge in [-0.3, -0.25) is 9.59 Å². The molecule has 3 N–H and O–H groups in total. The average molecular weight is 311 g/mol. The van der Waals surface area contributed by atoms with Gasteiger partial charge in [0.2, 0.25) is 11.8 Å². The van der Waals surface area contributed by atoms with Crippen LogP contribution in [0.4, 0.5) is 14.5 Å². The second kappa shape index (κ2) is 6.83. The van der Waals surface area contributed by atoms with Gasteiger partial charge in [0.1, 0.15) is 11.6 Å². The highest BCUT2D eigenvalue weighted by atomic mass is 19.1. The predicted molar refractivity (Wildman–Crippen MR) is 78.1 cm³/mol. The van der Waals surface area contributed by atoms with E-state index < -0.39 is 17.6 Å². The van der Waals surface area contributed by atoms with Crippen molar-refractivity contribution in [2.24, 2.45) is 11.7 Å². The number of hydrogen-bond acceptors (Lipinski definition) is 3. The number of nitrogens with two attached hydrogens (primary N) is 1. The first-order valence-electron chi connectivity index (χ1n) is 7.17. The van der Waals surface area contributed by atoms with E-state index in [1.807, 2.05) is 6.92 Å². The number of hydrogen-bond donors (Lipinski definition) is 2. The maximum Gasteiger partial charge on any atom is 0.227 e. The molecule has 0 bridgehead atoms. The van der Waals surface area contributed by atoms with Crippen LogP contribution in [0.25, 0.3) is 0 Å². The Bertz CT molecular complexity index is 578. The number of nitrogens with one attached hydrogen (secondary N) is 1. The Balaban J connectivity index is 2.00. The van der Waals surface area contributed by atoms with Crippen molar-refractivity contribution in [3.63, 3.8) is 0 Å². The summed E-state index contributed by atoms with van der Waals surface area (Å²) in [6, 6.07) is 3.00. The first-order chi connectivity index (χ1) is 10.4. The zero-order valence-corrected chi connectivity index (χ0v) is 12.3. The second-order valence-electron chi connectivity index (χ2n) is 5.56. The molecule has 1 aliphatic rings. The number of benzene rings is 1. The highest BCUT2D eigenvalue weighted by Gasteiger charge is 2.36. The van der Waals surface area contributed by atoms with Crippen molar-refractivity contribution in [2.75, 3.05) is 18.0 Å². The largest absolute Gasteiger partial charge is 0.356 e. The Morgan fingerprint density at radius 2 is 2.23 bits per heavy atom. The molecule has 0 spiro atoms. The molecule has 0 aliphatic carbocycles. The lowest BCUT2D eigenvalue weighted by molar-refractivity contribution is -0.126. The van der Waals surface area contributed by atoms with Gasteiger partial charge >= 0.3 is 0 Å². The molecule has 0 aromatic heterocycles. The summed E-state index contributed by atoms with van der Waals surface area (Å²) in [6.45, 7) is 2.36. The summed E-state index contributed by atoms with van der Waals surface area (Å²) < 4.78 is 26.7. The monoisotopic (exact) mass is 311 g/mol. The predicted octanol–water partition coefficient (Wildman–Crippen LogP) is 1.17. The lowest BCUT2D eigenvalue weighted by Gasteiger charge is -2.17. The van der Waals surface area contributed by atoms with Crippen LogP contribution < -0.4 is 16.0 Å². The minimum Gasteiger partial charge on any atom is -0.356 e. The zero-order chi connectivity index (χ0) is 16.3. The van der Waals surface area contributed by atoms with Crippen LogP contribution in [0.15, 0.2) is 18.2 Å². The summed E-state index contributed by atoms with van der Waals surface area (Å²) in [4.78, 5) is 25.2. The Labute approximate surface area is 127 Å². The van der Waals surface area contributed by atoms with Gasteiger partial charge in [-0.15, -0.1) is 0 Å². The van der Waals surface area contributed by atoms with Crippen LogP contribution in [0, 0.1) is 17.6 Å². The first-order valence-corrected chi connectivity index (χ1v) is 7.17. The van der Waals surface area contributed by atoms with Gasteiger partial charge in [0.05, 0.1) is 11.6 Å². The topological polar surface area (TPSA) is 75.4 Å². The van der Waals surface area contributed by atoms with E-state index in [9.17, 15) is 18.4 Å². The summed E-state index contributed by atoms with van der Waals surface area (Å²) in [5.41, 5.74) is 5.59. The molecule has 0 saturated carbocycles. The van der Waals surface area contributed by atoms with Crippen molar-refractivity contribution in [2.45, 2.75) is 25.8 Å². The number of anilines is 1. The summed E-state index contributed by atoms with van der Waals surface area (Å²) in [7, 11) is 0. The Kier molecular flexibility index (Phi) is 5.07. The van der Waals surface area contributed by atoms with Crippen LogP contribution in [-0.2, 0) is 9.59 Å². The van der Waals surface area contributed by atoms with Gasteiger partial charge in [0.25, 0.3) is 0 Å². The minimum absolute atomic E-state index is 0.00252. The van der Waals surface area contributed by atoms with Crippen LogP contribution in [0.3, 0.4) is 0 Å². The van der Waals surface area contributed by atoms with Gasteiger partial charge in [-0.2, -0.15) is 0 Å². The lowest BCUT2D eigenvalue weighted by atomic mass is 10.1. The molecule has 1 aliphatic heterocycles. The molecule has 1 saturated heterocycles. The molecule has 120 valence electrons. The molecule has 2 rings (SSSR count). The van der Waals surface area contributed by atoms with Crippen LogP contribution in [0.5, 0.6) is 0 Å². The van der Waals surface area contributed by atoms with Crippen molar-refractivity contribution < 1.29 is 18.4 Å². The molecule has 2 unspecified atom stereocenters. The van der Waals surface area contributed by atoms with Crippen molar-refractivity contribution in [1.29, 1.82) is 0 Å². The zero-order valence-electron chi connectivity index (χ0n) is 12.3. The highest BCUT2D eigenvalue weighted by molar-refractivity contribution is 6.00. The van der Waals surface area contributed by atoms with E-state index in [4.69, 9.17) is 5.73 Å². The highest BCUT2D eigenvalue weighted by Crippen LogP contribution is 2.27. The van der Waals surface area contributed by atoms with Gasteiger partial charge in [-0.05, 0) is 25.5 Å². The van der Waals surface area contributed by atoms with Crippen LogP contribution in [0.2, 0.25) is 0 Å². The summed E-state index contributed by atoms with van der Waals surface area (Å²) in [5.74, 6) is -2.66. The van der Waals surface area contributed by atoms with E-state index in [0.717, 1.165) is 12.1 Å². The minimum atomic E-state index is -0.814. The van der Waals surface area contributed by atoms with Crippen molar-refractivity contribution in [3.8, 4) is 0 Å². The third-order valence-corrected chi connectivity index (χ3v) is 3.60. The standard InChI is InChI=1S/C15H19F2N3O2/c1-9(18)4-5-19-15(22)10-6-14(21)20(8-10)13-3-2-11(16)7-12(13)17/h2-3,7,9-10H,4-6,8,18H2,1H3,(H,19,22). The van der Waals surface area contributed by atoms with Crippen molar-refractivity contribution in [3.05, 3.63) is 29.8 Å². The van der Waals surface area contributed by atoms with E-state index in [2.05, 4.69) is 5.32 Å². The summed E-state index contributed by atoms with van der Waals surface area (Å²) in [5, 5.41) is 2.72. The molecule has 1 heterocycles. The van der Waals surface area contributed by atoms with E-state index in [0.29, 0.717) is 13.0 Å². The average Bonchev–Trinajstić information content (AvgIpc) is 2.80. The third-order valence-electron chi connectivity index (χ3n) is 3.60. The number of carbonyl (C=O) groups is 2. The SMILES string of the molecule is CC(N)CCNC(=O)C1CC(=O)N(c2ccc(F)cc2F)C1. The van der Waals surface area contributed by atoms with Crippen molar-refractivity contribution >= 4 is 17.5 Å². The number of carbonyl (C=O) groups excluding carboxylic acids is 2. The molecule has 2 amide bonds. The van der Waals surface area contributed by atoms with Crippen LogP contribution in [0.1, 0.15) is 19.8 Å². The van der Waals surface area contributed by atoms with E-state index in [1.165, 1.54) is 11.0 Å². The van der Waals surface area contributed by atoms with Crippen LogP contribution in [-0.4, -0.2) is 30.9 Å². The maximum absolute atomic E-state index is 13.7. The molecule has 0 radical (unpaired) electrons. The Morgan fingerprint density at radius 3 is 2.86 bits per heavy atom. The summed E-state index contributed by atoms with van der Waals surface area (Å²) >= 11 is 0. The number of rotatable bonds is 5. The van der Waals surface area contributed by atoms with Crippen LogP contribution >= 0.6 is 0 Å². The third kappa shape index (κ3) is 3.79. The molecule has 2 atom stereocenters. The Morgan fingerprint density at radius 1 is 1.50 bits per heavy atom. The van der Waals surface area contributed by atoms with Gasteiger partial charge in [0.15, 0.2) is 0 Å². The van der Waals surface area contributed by atoms with E-state index in [-0.39, 0.29) is 36.5 Å². The fourth-order valence-corrected chi connectivity index (χ4v) is 2.38. The maximum atomic E-state index is 13.7. The quantitative estimate of drug-likeness (QED) is 0.857. The van der Waals surface area contributed by atoms with Gasteiger partial charge < -0.3 is 16.0 Å². The van der Waals surface area contributed by atoms with Crippen molar-refractivity contribution in [1.82, 2.24) is 5.32 Å². The summed E-state index contributed by atoms with van der Waals surface area (Å²) in [6.07, 6.45) is 0.656. The second-order valence-corrected chi connectivity index (χ2v) is 5.56. The number of halogens is 2. The molecule has 7 heteroatoms. The molecule has 22 heavy (non-hydrogen) atoms. The molecular formula is C15H19F2N3O2. The normalized spacial score (nSPS) is 19.4. The molecular weight excluding hydrogens is 292 g/mol. The van der Waals surface area contributed by atoms with Gasteiger partial charge in [0, 0.05) is 31.6 Å². The molecule has 5 nitrogen and oxygen atoms in total. The lowest BCUT2D eigenvalue weighted by Crippen LogP contribution is -2.35. The fourth-order valence-electron chi connectivity index (χ4n) is 2.38. The Hall–Kier alpha value is -2.02. The molecule has 1 aromatic carbocycles. The number of amides is 2. The molecule has 1 fully saturated rings. The number of nitrogens with zero attached hydrogens (tertiary/aromatic N) is 1. The van der Waals surface area contributed by atoms with Gasteiger partial charge in [-0.1, -0.05) is 0 Å². The first kappa shape index (κ1) is 16.4. The molecule has 1 aromatic rings. The van der Waals surface area contributed by atoms with E-state index >= 15 is 0 Å². The smallest absolute Gasteiger partial charge is 0.227 e. The van der Waals surface area contributed by atoms with Gasteiger partial charge in [-0.25, -0.2) is 8.78 Å². The fraction of sp³-hybridized carbons (Fsp3) is 0.467.